The zero-order chi connectivity index (χ0) is 50.7. The summed E-state index contributed by atoms with van der Waals surface area (Å²) in [6.07, 6.45) is 76.8. The van der Waals surface area contributed by atoms with Crippen LogP contribution in [0.15, 0.2) is 97.2 Å². The van der Waals surface area contributed by atoms with Gasteiger partial charge in [-0.2, -0.15) is 0 Å². The lowest BCUT2D eigenvalue weighted by Gasteiger charge is -2.18. The maximum Gasteiger partial charge on any atom is 0.306 e. The van der Waals surface area contributed by atoms with E-state index in [-0.39, 0.29) is 31.1 Å². The first-order chi connectivity index (χ1) is 34.5. The number of hydrogen-bond donors (Lipinski definition) is 0. The topological polar surface area (TPSA) is 78.9 Å². The molecule has 0 aliphatic carbocycles. The molecule has 70 heavy (non-hydrogen) atoms. The summed E-state index contributed by atoms with van der Waals surface area (Å²) in [6.45, 7) is 6.39. The molecule has 6 heteroatoms. The minimum atomic E-state index is -0.798. The molecule has 0 aliphatic rings. The van der Waals surface area contributed by atoms with Crippen LogP contribution < -0.4 is 0 Å². The Hall–Kier alpha value is -3.67. The van der Waals surface area contributed by atoms with Crippen molar-refractivity contribution in [3.05, 3.63) is 97.2 Å². The molecule has 0 aromatic rings. The molecule has 1 atom stereocenters. The summed E-state index contributed by atoms with van der Waals surface area (Å²) in [7, 11) is 0. The van der Waals surface area contributed by atoms with Crippen molar-refractivity contribution in [2.45, 2.75) is 277 Å². The molecule has 0 N–H and O–H groups in total. The van der Waals surface area contributed by atoms with Gasteiger partial charge in [0.25, 0.3) is 0 Å². The van der Waals surface area contributed by atoms with Gasteiger partial charge in [-0.05, 0) is 96.3 Å². The predicted molar refractivity (Wildman–Crippen MR) is 302 cm³/mol. The second-order valence-corrected chi connectivity index (χ2v) is 19.1. The Bertz CT molecular complexity index is 1400. The van der Waals surface area contributed by atoms with Gasteiger partial charge in [0.15, 0.2) is 6.10 Å². The van der Waals surface area contributed by atoms with Crippen LogP contribution in [0, 0.1) is 0 Å². The molecule has 0 heterocycles. The maximum absolute atomic E-state index is 12.9. The van der Waals surface area contributed by atoms with Crippen LogP contribution in [0.5, 0.6) is 0 Å². The van der Waals surface area contributed by atoms with E-state index in [1.807, 2.05) is 0 Å². The number of rotatable bonds is 52. The Balaban J connectivity index is 4.45. The molecule has 0 fully saturated rings. The van der Waals surface area contributed by atoms with Crippen LogP contribution in [0.3, 0.4) is 0 Å². The van der Waals surface area contributed by atoms with E-state index in [4.69, 9.17) is 14.2 Å². The summed E-state index contributed by atoms with van der Waals surface area (Å²) in [5, 5.41) is 0. The third-order valence-electron chi connectivity index (χ3n) is 12.3. The highest BCUT2D eigenvalue weighted by atomic mass is 16.6. The van der Waals surface area contributed by atoms with E-state index in [0.29, 0.717) is 19.3 Å². The fraction of sp³-hybridized carbons (Fsp3) is 0.703. The first-order valence-electron chi connectivity index (χ1n) is 29.2. The van der Waals surface area contributed by atoms with Crippen molar-refractivity contribution in [2.75, 3.05) is 13.2 Å². The second-order valence-electron chi connectivity index (χ2n) is 19.1. The van der Waals surface area contributed by atoms with Crippen molar-refractivity contribution in [1.29, 1.82) is 0 Å². The summed E-state index contributed by atoms with van der Waals surface area (Å²) in [5.41, 5.74) is 0. The molecule has 0 amide bonds. The van der Waals surface area contributed by atoms with Crippen molar-refractivity contribution in [3.63, 3.8) is 0 Å². The maximum atomic E-state index is 12.9. The number of unbranched alkanes of at least 4 members (excludes halogenated alkanes) is 25. The highest BCUT2D eigenvalue weighted by molar-refractivity contribution is 5.71. The van der Waals surface area contributed by atoms with Gasteiger partial charge in [-0.15, -0.1) is 0 Å². The molecule has 0 aromatic carbocycles. The van der Waals surface area contributed by atoms with Gasteiger partial charge in [0.2, 0.25) is 0 Å². The van der Waals surface area contributed by atoms with Gasteiger partial charge in [-0.3, -0.25) is 14.4 Å². The Labute approximate surface area is 432 Å². The van der Waals surface area contributed by atoms with Crippen LogP contribution in [0.4, 0.5) is 0 Å². The second kappa shape index (κ2) is 57.9. The monoisotopic (exact) mass is 973 g/mol. The van der Waals surface area contributed by atoms with Crippen molar-refractivity contribution in [2.24, 2.45) is 0 Å². The van der Waals surface area contributed by atoms with Crippen LogP contribution in [-0.2, 0) is 28.6 Å². The standard InChI is InChI=1S/C64H108O6/c1-4-7-10-13-16-19-22-25-28-30-32-34-36-39-42-45-48-51-54-57-63(66)69-60-61(59-68-62(65)56-53-50-47-44-41-38-35-27-24-21-18-15-12-9-6-3)70-64(67)58-55-52-49-46-43-40-37-33-31-29-26-23-20-17-14-11-8-5-2/h7,9-10,12,16,18-19,21,25,27-28,32,34-35,39,42,61H,4-6,8,11,13-15,17,20,22-24,26,29-31,33,36-38,40-41,43-60H2,1-3H3/b10-7-,12-9-,19-16-,21-18-,28-25-,34-32-,35-27-,42-39-. The van der Waals surface area contributed by atoms with Crippen molar-refractivity contribution in [1.82, 2.24) is 0 Å². The van der Waals surface area contributed by atoms with E-state index in [9.17, 15) is 14.4 Å². The Morgan fingerprint density at radius 1 is 0.300 bits per heavy atom. The average Bonchev–Trinajstić information content (AvgIpc) is 3.36. The minimum Gasteiger partial charge on any atom is -0.462 e. The van der Waals surface area contributed by atoms with E-state index < -0.39 is 6.10 Å². The van der Waals surface area contributed by atoms with Gasteiger partial charge in [-0.25, -0.2) is 0 Å². The summed E-state index contributed by atoms with van der Waals surface area (Å²) < 4.78 is 16.9. The van der Waals surface area contributed by atoms with Gasteiger partial charge in [-0.1, -0.05) is 253 Å². The molecule has 6 nitrogen and oxygen atoms in total. The fourth-order valence-electron chi connectivity index (χ4n) is 8.01. The third kappa shape index (κ3) is 55.3. The molecule has 0 rings (SSSR count). The number of ether oxygens (including phenoxy) is 3. The molecular weight excluding hydrogens is 865 g/mol. The summed E-state index contributed by atoms with van der Waals surface area (Å²) in [5.74, 6) is -0.937. The highest BCUT2D eigenvalue weighted by Crippen LogP contribution is 2.16. The van der Waals surface area contributed by atoms with Crippen LogP contribution in [0.2, 0.25) is 0 Å². The summed E-state index contributed by atoms with van der Waals surface area (Å²) in [6, 6.07) is 0. The molecule has 0 radical (unpaired) electrons. The van der Waals surface area contributed by atoms with Crippen LogP contribution in [0.1, 0.15) is 271 Å². The van der Waals surface area contributed by atoms with Gasteiger partial charge >= 0.3 is 17.9 Å². The van der Waals surface area contributed by atoms with E-state index in [1.165, 1.54) is 96.3 Å². The number of esters is 3. The zero-order valence-electron chi connectivity index (χ0n) is 45.8. The lowest BCUT2D eigenvalue weighted by Crippen LogP contribution is -2.30. The van der Waals surface area contributed by atoms with E-state index in [2.05, 4.69) is 118 Å². The zero-order valence-corrected chi connectivity index (χ0v) is 45.8. The smallest absolute Gasteiger partial charge is 0.306 e. The molecule has 0 saturated carbocycles. The molecule has 0 aliphatic heterocycles. The van der Waals surface area contributed by atoms with Gasteiger partial charge < -0.3 is 14.2 Å². The summed E-state index contributed by atoms with van der Waals surface area (Å²) in [4.78, 5) is 38.2. The molecular formula is C64H108O6. The minimum absolute atomic E-state index is 0.0960. The quantitative estimate of drug-likeness (QED) is 0.0262. The van der Waals surface area contributed by atoms with Crippen molar-refractivity contribution < 1.29 is 28.6 Å². The number of allylic oxidation sites excluding steroid dienone is 16. The number of carbonyl (C=O) groups excluding carboxylic acids is 3. The molecule has 0 saturated heterocycles. The van der Waals surface area contributed by atoms with Crippen LogP contribution in [0.25, 0.3) is 0 Å². The largest absolute Gasteiger partial charge is 0.462 e. The molecule has 1 unspecified atom stereocenters. The Morgan fingerprint density at radius 3 is 0.886 bits per heavy atom. The first kappa shape index (κ1) is 66.3. The highest BCUT2D eigenvalue weighted by Gasteiger charge is 2.19. The van der Waals surface area contributed by atoms with Gasteiger partial charge in [0.05, 0.1) is 0 Å². The van der Waals surface area contributed by atoms with E-state index >= 15 is 0 Å². The van der Waals surface area contributed by atoms with Gasteiger partial charge in [0, 0.05) is 19.3 Å². The van der Waals surface area contributed by atoms with Crippen LogP contribution in [-0.4, -0.2) is 37.2 Å². The third-order valence-corrected chi connectivity index (χ3v) is 12.3. The molecule has 0 spiro atoms. The van der Waals surface area contributed by atoms with Crippen molar-refractivity contribution >= 4 is 17.9 Å². The molecule has 0 aromatic heterocycles. The molecule has 0 bridgehead atoms. The van der Waals surface area contributed by atoms with Gasteiger partial charge in [0.1, 0.15) is 13.2 Å². The number of hydrogen-bond acceptors (Lipinski definition) is 6. The summed E-state index contributed by atoms with van der Waals surface area (Å²) >= 11 is 0. The Morgan fingerprint density at radius 2 is 0.557 bits per heavy atom. The number of carbonyl (C=O) groups is 3. The SMILES string of the molecule is CC/C=C\C/C=C\C/C=C\C/C=C\C/C=C\CCCCCC(=O)OCC(COC(=O)CCCCCCC/C=C\C/C=C\C/C=C\CC)OC(=O)CCCCCCCCCCCCCCCCCCCC. The lowest BCUT2D eigenvalue weighted by molar-refractivity contribution is -0.167. The van der Waals surface area contributed by atoms with E-state index in [1.54, 1.807) is 0 Å². The Kier molecular flexibility index (Phi) is 54.9. The first-order valence-corrected chi connectivity index (χ1v) is 29.2. The van der Waals surface area contributed by atoms with Crippen molar-refractivity contribution in [3.8, 4) is 0 Å². The molecule has 400 valence electrons. The van der Waals surface area contributed by atoms with E-state index in [0.717, 1.165) is 135 Å². The van der Waals surface area contributed by atoms with Crippen LogP contribution >= 0.6 is 0 Å². The lowest BCUT2D eigenvalue weighted by atomic mass is 10.0. The predicted octanol–water partition coefficient (Wildman–Crippen LogP) is 19.7. The fourth-order valence-corrected chi connectivity index (χ4v) is 8.01. The normalized spacial score (nSPS) is 12.8. The average molecular weight is 974 g/mol.